The summed E-state index contributed by atoms with van der Waals surface area (Å²) in [7, 11) is 0. The summed E-state index contributed by atoms with van der Waals surface area (Å²) in [5.41, 5.74) is -0.262. The minimum absolute atomic E-state index is 0.0377. The van der Waals surface area contributed by atoms with E-state index in [1.54, 1.807) is 0 Å². The number of nitrogens with zero attached hydrogens (tertiary/aromatic N) is 1. The molecule has 0 unspecified atom stereocenters. The Balaban J connectivity index is 2.52. The average molecular weight is 241 g/mol. The van der Waals surface area contributed by atoms with Crippen molar-refractivity contribution in [3.05, 3.63) is 0 Å². The average Bonchev–Trinajstić information content (AvgIpc) is 2.42. The van der Waals surface area contributed by atoms with Crippen LogP contribution in [0.25, 0.3) is 0 Å². The van der Waals surface area contributed by atoms with Gasteiger partial charge in [-0.05, 0) is 17.3 Å². The van der Waals surface area contributed by atoms with E-state index in [4.69, 9.17) is 5.11 Å². The van der Waals surface area contributed by atoms with Crippen LogP contribution in [0.3, 0.4) is 0 Å². The predicted octanol–water partition coefficient (Wildman–Crippen LogP) is 2.14. The fourth-order valence-corrected chi connectivity index (χ4v) is 2.32. The Morgan fingerprint density at radius 3 is 2.29 bits per heavy atom. The van der Waals surface area contributed by atoms with Crippen LogP contribution < -0.4 is 0 Å². The Morgan fingerprint density at radius 1 is 1.29 bits per heavy atom. The molecular formula is C13H23NO3. The molecule has 1 rings (SSSR count). The summed E-state index contributed by atoms with van der Waals surface area (Å²) in [6.45, 7) is 9.57. The summed E-state index contributed by atoms with van der Waals surface area (Å²) in [6, 6.07) is 0. The molecule has 1 aliphatic heterocycles. The van der Waals surface area contributed by atoms with Crippen LogP contribution in [0.15, 0.2) is 0 Å². The fraction of sp³-hybridized carbons (Fsp3) is 0.846. The molecule has 0 bridgehead atoms. The molecule has 0 saturated carbocycles. The van der Waals surface area contributed by atoms with Crippen LogP contribution in [0.4, 0.5) is 0 Å². The second-order valence-electron chi connectivity index (χ2n) is 6.64. The third kappa shape index (κ3) is 4.36. The highest BCUT2D eigenvalue weighted by molar-refractivity contribution is 5.78. The van der Waals surface area contributed by atoms with E-state index in [9.17, 15) is 9.59 Å². The van der Waals surface area contributed by atoms with Crippen LogP contribution in [-0.2, 0) is 9.59 Å². The van der Waals surface area contributed by atoms with Gasteiger partial charge < -0.3 is 10.0 Å². The highest BCUT2D eigenvalue weighted by atomic mass is 16.4. The quantitative estimate of drug-likeness (QED) is 0.820. The van der Waals surface area contributed by atoms with E-state index < -0.39 is 11.4 Å². The zero-order valence-electron chi connectivity index (χ0n) is 11.2. The molecule has 4 nitrogen and oxygen atoms in total. The third-order valence-corrected chi connectivity index (χ3v) is 3.29. The monoisotopic (exact) mass is 241 g/mol. The highest BCUT2D eigenvalue weighted by Gasteiger charge is 2.34. The van der Waals surface area contributed by atoms with Crippen LogP contribution >= 0.6 is 0 Å². The summed E-state index contributed by atoms with van der Waals surface area (Å²) in [6.07, 6.45) is 1.38. The minimum Gasteiger partial charge on any atom is -0.481 e. The lowest BCUT2D eigenvalue weighted by atomic mass is 9.85. The number of aliphatic carboxylic acids is 1. The molecule has 1 aliphatic rings. The summed E-state index contributed by atoms with van der Waals surface area (Å²) in [5, 5.41) is 8.79. The van der Waals surface area contributed by atoms with Gasteiger partial charge in [0.15, 0.2) is 0 Å². The molecule has 1 N–H and O–H groups in total. The Kier molecular flexibility index (Phi) is 3.84. The largest absolute Gasteiger partial charge is 0.481 e. The summed E-state index contributed by atoms with van der Waals surface area (Å²) in [4.78, 5) is 24.6. The maximum Gasteiger partial charge on any atom is 0.303 e. The van der Waals surface area contributed by atoms with Crippen molar-refractivity contribution >= 4 is 11.9 Å². The summed E-state index contributed by atoms with van der Waals surface area (Å²) < 4.78 is 0. The lowest BCUT2D eigenvalue weighted by Gasteiger charge is -2.26. The normalized spacial score (nSPS) is 19.4. The second-order valence-corrected chi connectivity index (χ2v) is 6.64. The van der Waals surface area contributed by atoms with E-state index in [1.165, 1.54) is 0 Å². The molecule has 1 fully saturated rings. The van der Waals surface area contributed by atoms with E-state index in [2.05, 4.69) is 13.8 Å². The number of carbonyl (C=O) groups excluding carboxylic acids is 1. The van der Waals surface area contributed by atoms with Crippen LogP contribution in [0, 0.1) is 10.8 Å². The van der Waals surface area contributed by atoms with Gasteiger partial charge in [0.2, 0.25) is 5.91 Å². The molecule has 0 aromatic heterocycles. The number of likely N-dealkylation sites (tertiary alicyclic amines) is 1. The number of carboxylic acid groups (broad SMARTS) is 1. The third-order valence-electron chi connectivity index (χ3n) is 3.29. The zero-order chi connectivity index (χ0) is 13.3. The van der Waals surface area contributed by atoms with Crippen LogP contribution in [-0.4, -0.2) is 35.0 Å². The lowest BCUT2D eigenvalue weighted by molar-refractivity contribution is -0.140. The molecule has 0 aliphatic carbocycles. The molecule has 17 heavy (non-hydrogen) atoms. The number of rotatable bonds is 4. The van der Waals surface area contributed by atoms with Crippen molar-refractivity contribution < 1.29 is 14.7 Å². The SMILES string of the molecule is CC(C)(CC(=O)O)CC(=O)N1CCC(C)(C)C1. The van der Waals surface area contributed by atoms with E-state index in [0.29, 0.717) is 6.42 Å². The Labute approximate surface area is 103 Å². The minimum atomic E-state index is -0.843. The number of carbonyl (C=O) groups is 2. The van der Waals surface area contributed by atoms with Gasteiger partial charge in [-0.2, -0.15) is 0 Å². The first kappa shape index (κ1) is 14.0. The molecule has 0 atom stereocenters. The van der Waals surface area contributed by atoms with E-state index in [0.717, 1.165) is 19.5 Å². The first-order chi connectivity index (χ1) is 7.61. The standard InChI is InChI=1S/C13H23NO3/c1-12(2)5-6-14(9-12)10(15)7-13(3,4)8-11(16)17/h5-9H2,1-4H3,(H,16,17). The molecule has 1 heterocycles. The van der Waals surface area contributed by atoms with Gasteiger partial charge in [-0.1, -0.05) is 27.7 Å². The van der Waals surface area contributed by atoms with Gasteiger partial charge in [0.05, 0.1) is 6.42 Å². The molecule has 4 heteroatoms. The first-order valence-corrected chi connectivity index (χ1v) is 6.11. The van der Waals surface area contributed by atoms with E-state index in [-0.39, 0.29) is 17.7 Å². The lowest BCUT2D eigenvalue weighted by Crippen LogP contribution is -2.34. The summed E-state index contributed by atoms with van der Waals surface area (Å²) in [5.74, 6) is -0.758. The van der Waals surface area contributed by atoms with Crippen molar-refractivity contribution in [2.45, 2.75) is 47.0 Å². The van der Waals surface area contributed by atoms with E-state index in [1.807, 2.05) is 18.7 Å². The van der Waals surface area contributed by atoms with Crippen molar-refractivity contribution in [1.82, 2.24) is 4.90 Å². The molecule has 1 saturated heterocycles. The van der Waals surface area contributed by atoms with Gasteiger partial charge in [0, 0.05) is 19.5 Å². The number of hydrogen-bond acceptors (Lipinski definition) is 2. The van der Waals surface area contributed by atoms with Crippen molar-refractivity contribution in [2.24, 2.45) is 10.8 Å². The van der Waals surface area contributed by atoms with Gasteiger partial charge in [-0.3, -0.25) is 9.59 Å². The van der Waals surface area contributed by atoms with Crippen molar-refractivity contribution in [2.75, 3.05) is 13.1 Å². The number of amides is 1. The summed E-state index contributed by atoms with van der Waals surface area (Å²) >= 11 is 0. The molecule has 0 radical (unpaired) electrons. The molecule has 0 spiro atoms. The molecular weight excluding hydrogens is 218 g/mol. The van der Waals surface area contributed by atoms with Crippen LogP contribution in [0.2, 0.25) is 0 Å². The molecule has 0 aromatic rings. The maximum absolute atomic E-state index is 12.1. The fourth-order valence-electron chi connectivity index (χ4n) is 2.32. The number of hydrogen-bond donors (Lipinski definition) is 1. The Hall–Kier alpha value is -1.06. The molecule has 0 aromatic carbocycles. The highest BCUT2D eigenvalue weighted by Crippen LogP contribution is 2.32. The first-order valence-electron chi connectivity index (χ1n) is 6.11. The molecule has 98 valence electrons. The van der Waals surface area contributed by atoms with Gasteiger partial charge in [-0.15, -0.1) is 0 Å². The van der Waals surface area contributed by atoms with Gasteiger partial charge >= 0.3 is 5.97 Å². The van der Waals surface area contributed by atoms with E-state index >= 15 is 0 Å². The van der Waals surface area contributed by atoms with Crippen molar-refractivity contribution in [3.63, 3.8) is 0 Å². The maximum atomic E-state index is 12.1. The van der Waals surface area contributed by atoms with Crippen molar-refractivity contribution in [3.8, 4) is 0 Å². The Morgan fingerprint density at radius 2 is 1.88 bits per heavy atom. The van der Waals surface area contributed by atoms with Gasteiger partial charge in [-0.25, -0.2) is 0 Å². The van der Waals surface area contributed by atoms with Gasteiger partial charge in [0.1, 0.15) is 0 Å². The predicted molar refractivity (Wildman–Crippen MR) is 65.6 cm³/mol. The second kappa shape index (κ2) is 4.67. The number of carboxylic acids is 1. The Bertz CT molecular complexity index is 321. The van der Waals surface area contributed by atoms with Crippen LogP contribution in [0.5, 0.6) is 0 Å². The van der Waals surface area contributed by atoms with Crippen LogP contribution in [0.1, 0.15) is 47.0 Å². The molecule has 1 amide bonds. The topological polar surface area (TPSA) is 57.6 Å². The smallest absolute Gasteiger partial charge is 0.303 e. The van der Waals surface area contributed by atoms with Gasteiger partial charge in [0.25, 0.3) is 0 Å². The zero-order valence-corrected chi connectivity index (χ0v) is 11.2. The van der Waals surface area contributed by atoms with Crippen molar-refractivity contribution in [1.29, 1.82) is 0 Å².